The molecule has 2 aromatic carbocycles. The minimum Gasteiger partial charge on any atom is -0.366 e. The van der Waals surface area contributed by atoms with Gasteiger partial charge in [0.25, 0.3) is 11.6 Å². The zero-order valence-electron chi connectivity index (χ0n) is 12.7. The molecule has 3 aromatic rings. The number of H-pyrrole nitrogens is 1. The van der Waals surface area contributed by atoms with Crippen molar-refractivity contribution in [2.45, 2.75) is 10.6 Å². The van der Waals surface area contributed by atoms with Gasteiger partial charge in [-0.1, -0.05) is 6.07 Å². The molecule has 0 bridgehead atoms. The number of nitrogens with two attached hydrogens (primary N) is 1. The first-order valence-corrected chi connectivity index (χ1v) is 8.68. The fourth-order valence-electron chi connectivity index (χ4n) is 2.39. The summed E-state index contributed by atoms with van der Waals surface area (Å²) in [7, 11) is -3.77. The Morgan fingerprint density at radius 2 is 1.88 bits per heavy atom. The summed E-state index contributed by atoms with van der Waals surface area (Å²) >= 11 is 0. The van der Waals surface area contributed by atoms with Gasteiger partial charge in [0, 0.05) is 12.1 Å². The Morgan fingerprint density at radius 1 is 1.20 bits per heavy atom. The predicted molar refractivity (Wildman–Crippen MR) is 88.6 cm³/mol. The topological polar surface area (TPSA) is 149 Å². The summed E-state index contributed by atoms with van der Waals surface area (Å²) in [6.07, 6.45) is 0. The molecule has 1 amide bonds. The molecule has 0 aliphatic rings. The minimum atomic E-state index is -3.77. The normalized spacial score (nSPS) is 11.5. The van der Waals surface area contributed by atoms with Crippen LogP contribution in [0.2, 0.25) is 0 Å². The molecule has 1 heterocycles. The summed E-state index contributed by atoms with van der Waals surface area (Å²) < 4.78 is 24.9. The number of hydrogen-bond acceptors (Lipinski definition) is 6. The third-order valence-electron chi connectivity index (χ3n) is 3.56. The molecule has 0 saturated heterocycles. The zero-order chi connectivity index (χ0) is 18.2. The number of non-ortho nitro benzene ring substituents is 1. The molecule has 0 atom stereocenters. The second-order valence-electron chi connectivity index (χ2n) is 5.26. The molecular formula is C15H12N4O5S. The number of carbonyl (C=O) groups is 1. The maximum absolute atomic E-state index is 12.5. The van der Waals surface area contributed by atoms with E-state index in [0.717, 1.165) is 12.1 Å². The maximum Gasteiger partial charge on any atom is 0.269 e. The molecule has 0 radical (unpaired) electrons. The maximum atomic E-state index is 12.5. The van der Waals surface area contributed by atoms with Crippen molar-refractivity contribution < 1.29 is 18.1 Å². The first-order valence-electron chi connectivity index (χ1n) is 7.02. The highest BCUT2D eigenvalue weighted by Crippen LogP contribution is 2.21. The third kappa shape index (κ3) is 3.19. The lowest BCUT2D eigenvalue weighted by Gasteiger charge is -2.02. The van der Waals surface area contributed by atoms with Crippen molar-refractivity contribution in [1.29, 1.82) is 0 Å². The summed E-state index contributed by atoms with van der Waals surface area (Å²) in [6.45, 7) is 0. The Bertz CT molecular complexity index is 1090. The number of aromatic nitrogens is 2. The van der Waals surface area contributed by atoms with Crippen LogP contribution in [0.5, 0.6) is 0 Å². The fourth-order valence-corrected chi connectivity index (χ4v) is 3.60. The molecular weight excluding hydrogens is 348 g/mol. The van der Waals surface area contributed by atoms with Crippen LogP contribution in [-0.2, 0) is 15.6 Å². The van der Waals surface area contributed by atoms with Crippen LogP contribution in [0.3, 0.4) is 0 Å². The van der Waals surface area contributed by atoms with Gasteiger partial charge < -0.3 is 10.7 Å². The lowest BCUT2D eigenvalue weighted by molar-refractivity contribution is -0.384. The average molecular weight is 360 g/mol. The molecule has 0 aliphatic heterocycles. The van der Waals surface area contributed by atoms with Gasteiger partial charge in [-0.15, -0.1) is 0 Å². The van der Waals surface area contributed by atoms with Crippen LogP contribution in [0.1, 0.15) is 16.2 Å². The molecule has 0 saturated carbocycles. The largest absolute Gasteiger partial charge is 0.366 e. The van der Waals surface area contributed by atoms with Gasteiger partial charge in [-0.3, -0.25) is 14.9 Å². The second-order valence-corrected chi connectivity index (χ2v) is 7.25. The van der Waals surface area contributed by atoms with E-state index >= 15 is 0 Å². The van der Waals surface area contributed by atoms with Crippen molar-refractivity contribution in [1.82, 2.24) is 9.97 Å². The number of nitro groups is 1. The van der Waals surface area contributed by atoms with E-state index in [0.29, 0.717) is 11.0 Å². The number of rotatable bonds is 5. The number of nitrogens with zero attached hydrogens (tertiary/aromatic N) is 2. The van der Waals surface area contributed by atoms with Crippen LogP contribution in [0.4, 0.5) is 5.69 Å². The number of amides is 1. The van der Waals surface area contributed by atoms with Crippen LogP contribution in [0.15, 0.2) is 47.4 Å². The van der Waals surface area contributed by atoms with E-state index < -0.39 is 26.4 Å². The number of carbonyl (C=O) groups excluding carboxylic acids is 1. The molecule has 1 aromatic heterocycles. The quantitative estimate of drug-likeness (QED) is 0.520. The molecule has 9 nitrogen and oxygen atoms in total. The number of fused-ring (bicyclic) bond motifs is 1. The van der Waals surface area contributed by atoms with Crippen molar-refractivity contribution in [2.24, 2.45) is 5.73 Å². The number of imidazole rings is 1. The molecule has 0 unspecified atom stereocenters. The SMILES string of the molecule is NC(=O)c1cccc2[nH]c(CS(=O)(=O)c3ccc([N+](=O)[O-])cc3)nc12. The zero-order valence-corrected chi connectivity index (χ0v) is 13.5. The van der Waals surface area contributed by atoms with Crippen molar-refractivity contribution in [3.63, 3.8) is 0 Å². The lowest BCUT2D eigenvalue weighted by atomic mass is 10.2. The summed E-state index contributed by atoms with van der Waals surface area (Å²) in [5.74, 6) is -0.971. The summed E-state index contributed by atoms with van der Waals surface area (Å²) in [4.78, 5) is 28.4. The van der Waals surface area contributed by atoms with Gasteiger partial charge in [-0.25, -0.2) is 13.4 Å². The molecule has 0 aliphatic carbocycles. The first kappa shape index (κ1) is 16.6. The Hall–Kier alpha value is -3.27. The highest BCUT2D eigenvalue weighted by atomic mass is 32.2. The Morgan fingerprint density at radius 3 is 2.48 bits per heavy atom. The van der Waals surface area contributed by atoms with Gasteiger partial charge in [0.15, 0.2) is 9.84 Å². The number of para-hydroxylation sites is 1. The van der Waals surface area contributed by atoms with E-state index in [1.807, 2.05) is 0 Å². The van der Waals surface area contributed by atoms with E-state index in [2.05, 4.69) is 9.97 Å². The predicted octanol–water partition coefficient (Wildman–Crippen LogP) is 1.54. The smallest absolute Gasteiger partial charge is 0.269 e. The summed E-state index contributed by atoms with van der Waals surface area (Å²) in [6, 6.07) is 9.34. The Labute approximate surface area is 141 Å². The number of aromatic amines is 1. The van der Waals surface area contributed by atoms with E-state index in [-0.39, 0.29) is 22.0 Å². The number of nitrogens with one attached hydrogen (secondary N) is 1. The second kappa shape index (κ2) is 5.98. The van der Waals surface area contributed by atoms with Crippen LogP contribution >= 0.6 is 0 Å². The average Bonchev–Trinajstić information content (AvgIpc) is 2.96. The van der Waals surface area contributed by atoms with Gasteiger partial charge in [-0.05, 0) is 24.3 Å². The van der Waals surface area contributed by atoms with Crippen LogP contribution in [0.25, 0.3) is 11.0 Å². The van der Waals surface area contributed by atoms with E-state index in [9.17, 15) is 23.3 Å². The van der Waals surface area contributed by atoms with Gasteiger partial charge >= 0.3 is 0 Å². The fraction of sp³-hybridized carbons (Fsp3) is 0.0667. The number of sulfone groups is 1. The van der Waals surface area contributed by atoms with Gasteiger partial charge in [0.1, 0.15) is 17.1 Å². The molecule has 10 heteroatoms. The number of primary amides is 1. The van der Waals surface area contributed by atoms with Gasteiger partial charge in [0.2, 0.25) is 0 Å². The summed E-state index contributed by atoms with van der Waals surface area (Å²) in [5.41, 5.74) is 6.05. The highest BCUT2D eigenvalue weighted by molar-refractivity contribution is 7.90. The van der Waals surface area contributed by atoms with Gasteiger partial charge in [0.05, 0.1) is 20.9 Å². The van der Waals surface area contributed by atoms with Crippen LogP contribution in [-0.4, -0.2) is 29.2 Å². The number of hydrogen-bond donors (Lipinski definition) is 2. The van der Waals surface area contributed by atoms with Crippen LogP contribution < -0.4 is 5.73 Å². The lowest BCUT2D eigenvalue weighted by Crippen LogP contribution is -2.11. The van der Waals surface area contributed by atoms with Gasteiger partial charge in [-0.2, -0.15) is 0 Å². The van der Waals surface area contributed by atoms with Crippen molar-refractivity contribution in [3.8, 4) is 0 Å². The highest BCUT2D eigenvalue weighted by Gasteiger charge is 2.20. The van der Waals surface area contributed by atoms with Crippen LogP contribution in [0, 0.1) is 10.1 Å². The Kier molecular flexibility index (Phi) is 3.97. The number of nitro benzene ring substituents is 1. The van der Waals surface area contributed by atoms with Crippen molar-refractivity contribution in [2.75, 3.05) is 0 Å². The van der Waals surface area contributed by atoms with E-state index in [1.165, 1.54) is 18.2 Å². The van der Waals surface area contributed by atoms with E-state index in [4.69, 9.17) is 5.73 Å². The standard InChI is InChI=1S/C15H12N4O5S/c16-15(20)11-2-1-3-12-14(11)18-13(17-12)8-25(23,24)10-6-4-9(5-7-10)19(21)22/h1-7H,8H2,(H2,16,20)(H,17,18). The molecule has 0 fully saturated rings. The summed E-state index contributed by atoms with van der Waals surface area (Å²) in [5, 5.41) is 10.6. The van der Waals surface area contributed by atoms with Crippen molar-refractivity contribution >= 4 is 32.5 Å². The van der Waals surface area contributed by atoms with E-state index in [1.54, 1.807) is 12.1 Å². The number of benzene rings is 2. The molecule has 3 rings (SSSR count). The Balaban J connectivity index is 1.95. The van der Waals surface area contributed by atoms with Crippen molar-refractivity contribution in [3.05, 3.63) is 64.0 Å². The molecule has 0 spiro atoms. The monoisotopic (exact) mass is 360 g/mol. The molecule has 128 valence electrons. The minimum absolute atomic E-state index is 0.0614. The molecule has 25 heavy (non-hydrogen) atoms. The first-order chi connectivity index (χ1) is 11.8. The molecule has 3 N–H and O–H groups in total. The third-order valence-corrected chi connectivity index (χ3v) is 5.20.